The van der Waals surface area contributed by atoms with Gasteiger partial charge in [0.2, 0.25) is 0 Å². The molecule has 0 amide bonds. The first-order chi connectivity index (χ1) is 11.4. The smallest absolute Gasteiger partial charge is 0.138 e. The van der Waals surface area contributed by atoms with Crippen LogP contribution in [-0.4, -0.2) is 23.0 Å². The number of aliphatic imine (C=N–C) groups is 1. The lowest BCUT2D eigenvalue weighted by molar-refractivity contribution is 0.176. The summed E-state index contributed by atoms with van der Waals surface area (Å²) in [6, 6.07) is 16.1. The van der Waals surface area contributed by atoms with E-state index in [1.54, 1.807) is 6.08 Å². The summed E-state index contributed by atoms with van der Waals surface area (Å²) >= 11 is 0. The van der Waals surface area contributed by atoms with Crippen molar-refractivity contribution in [3.63, 3.8) is 0 Å². The number of oxime groups is 1. The Morgan fingerprint density at radius 1 is 1.09 bits per heavy atom. The molecule has 4 heteroatoms. The van der Waals surface area contributed by atoms with Crippen molar-refractivity contribution in [2.75, 3.05) is 6.61 Å². The number of para-hydroxylation sites is 2. The summed E-state index contributed by atoms with van der Waals surface area (Å²) in [4.78, 5) is 13.4. The Bertz CT molecular complexity index is 950. The molecule has 2 aromatic carbocycles. The number of nitrogens with zero attached hydrogens (tertiary/aromatic N) is 2. The van der Waals surface area contributed by atoms with Crippen LogP contribution >= 0.6 is 0 Å². The van der Waals surface area contributed by atoms with Crippen LogP contribution < -0.4 is 0 Å². The zero-order chi connectivity index (χ0) is 15.6. The number of nitrogens with one attached hydrogen (secondary N) is 1. The first kappa shape index (κ1) is 13.5. The molecule has 1 N–H and O–H groups in total. The molecule has 0 unspecified atom stereocenters. The SMILES string of the molecule is C=CCO/N=C1/C(c2c[nH]c3ccccc23)=Nc2ccccc21. The molecule has 1 aromatic heterocycles. The average Bonchev–Trinajstić information content (AvgIpc) is 3.16. The van der Waals surface area contributed by atoms with Crippen LogP contribution in [-0.2, 0) is 4.84 Å². The average molecular weight is 301 g/mol. The molecule has 2 heterocycles. The number of hydrogen-bond acceptors (Lipinski definition) is 3. The number of benzene rings is 2. The molecule has 0 aliphatic carbocycles. The van der Waals surface area contributed by atoms with Gasteiger partial charge in [-0.15, -0.1) is 0 Å². The fourth-order valence-electron chi connectivity index (χ4n) is 2.77. The Morgan fingerprint density at radius 3 is 2.83 bits per heavy atom. The summed E-state index contributed by atoms with van der Waals surface area (Å²) in [7, 11) is 0. The number of aromatic amines is 1. The van der Waals surface area contributed by atoms with E-state index in [1.165, 1.54) is 0 Å². The van der Waals surface area contributed by atoms with Crippen LogP contribution in [0.4, 0.5) is 5.69 Å². The third kappa shape index (κ3) is 2.25. The predicted molar refractivity (Wildman–Crippen MR) is 93.6 cm³/mol. The van der Waals surface area contributed by atoms with E-state index >= 15 is 0 Å². The molecule has 3 aromatic rings. The van der Waals surface area contributed by atoms with Gasteiger partial charge in [-0.3, -0.25) is 0 Å². The minimum atomic E-state index is 0.368. The number of hydrogen-bond donors (Lipinski definition) is 1. The van der Waals surface area contributed by atoms with Gasteiger partial charge in [-0.25, -0.2) is 4.99 Å². The van der Waals surface area contributed by atoms with Gasteiger partial charge < -0.3 is 9.82 Å². The monoisotopic (exact) mass is 301 g/mol. The largest absolute Gasteiger partial charge is 0.391 e. The Hall–Kier alpha value is -3.14. The van der Waals surface area contributed by atoms with Crippen LogP contribution in [0.5, 0.6) is 0 Å². The summed E-state index contributed by atoms with van der Waals surface area (Å²) in [6.45, 7) is 4.02. The van der Waals surface area contributed by atoms with Gasteiger partial charge in [0.05, 0.1) is 5.69 Å². The van der Waals surface area contributed by atoms with Gasteiger partial charge in [0.15, 0.2) is 0 Å². The minimum Gasteiger partial charge on any atom is -0.391 e. The number of fused-ring (bicyclic) bond motifs is 2. The lowest BCUT2D eigenvalue weighted by Gasteiger charge is -2.03. The van der Waals surface area contributed by atoms with Gasteiger partial charge in [-0.05, 0) is 12.1 Å². The van der Waals surface area contributed by atoms with Crippen LogP contribution in [0.2, 0.25) is 0 Å². The second-order valence-electron chi connectivity index (χ2n) is 5.25. The highest BCUT2D eigenvalue weighted by Crippen LogP contribution is 2.31. The second kappa shape index (κ2) is 5.57. The summed E-state index contributed by atoms with van der Waals surface area (Å²) in [5.74, 6) is 0. The molecule has 0 saturated carbocycles. The number of rotatable bonds is 4. The van der Waals surface area contributed by atoms with Crippen molar-refractivity contribution in [1.29, 1.82) is 0 Å². The van der Waals surface area contributed by atoms with E-state index in [9.17, 15) is 0 Å². The minimum absolute atomic E-state index is 0.368. The quantitative estimate of drug-likeness (QED) is 0.438. The number of aromatic nitrogens is 1. The Balaban J connectivity index is 1.86. The van der Waals surface area contributed by atoms with Gasteiger partial charge >= 0.3 is 0 Å². The van der Waals surface area contributed by atoms with E-state index in [0.717, 1.165) is 39.1 Å². The van der Waals surface area contributed by atoms with Crippen molar-refractivity contribution >= 4 is 28.0 Å². The maximum Gasteiger partial charge on any atom is 0.138 e. The van der Waals surface area contributed by atoms with Gasteiger partial charge in [0, 0.05) is 28.2 Å². The highest BCUT2D eigenvalue weighted by atomic mass is 16.6. The molecule has 4 rings (SSSR count). The van der Waals surface area contributed by atoms with Crippen LogP contribution in [0.3, 0.4) is 0 Å². The molecule has 0 radical (unpaired) electrons. The fourth-order valence-corrected chi connectivity index (χ4v) is 2.77. The maximum atomic E-state index is 5.34. The topological polar surface area (TPSA) is 49.7 Å². The van der Waals surface area contributed by atoms with Crippen molar-refractivity contribution in [3.05, 3.63) is 78.5 Å². The predicted octanol–water partition coefficient (Wildman–Crippen LogP) is 4.21. The van der Waals surface area contributed by atoms with Crippen LogP contribution in [0.15, 0.2) is 77.5 Å². The Kier molecular flexibility index (Phi) is 3.27. The van der Waals surface area contributed by atoms with E-state index in [4.69, 9.17) is 9.83 Å². The fraction of sp³-hybridized carbons (Fsp3) is 0.0526. The lowest BCUT2D eigenvalue weighted by atomic mass is 10.0. The van der Waals surface area contributed by atoms with Crippen molar-refractivity contribution in [2.45, 2.75) is 0 Å². The van der Waals surface area contributed by atoms with E-state index in [0.29, 0.717) is 6.61 Å². The Morgan fingerprint density at radius 2 is 1.91 bits per heavy atom. The van der Waals surface area contributed by atoms with Crippen LogP contribution in [0.25, 0.3) is 10.9 Å². The normalized spacial score (nSPS) is 14.8. The molecule has 1 aliphatic rings. The molecule has 0 bridgehead atoms. The molecule has 0 spiro atoms. The van der Waals surface area contributed by atoms with Crippen molar-refractivity contribution in [3.8, 4) is 0 Å². The summed E-state index contributed by atoms with van der Waals surface area (Å²) in [6.07, 6.45) is 3.64. The van der Waals surface area contributed by atoms with E-state index in [-0.39, 0.29) is 0 Å². The molecule has 0 atom stereocenters. The third-order valence-electron chi connectivity index (χ3n) is 3.81. The first-order valence-electron chi connectivity index (χ1n) is 7.44. The summed E-state index contributed by atoms with van der Waals surface area (Å²) < 4.78 is 0. The Labute approximate surface area is 133 Å². The van der Waals surface area contributed by atoms with Gasteiger partial charge in [0.25, 0.3) is 0 Å². The molecular formula is C19H15N3O. The van der Waals surface area contributed by atoms with Crippen LogP contribution in [0, 0.1) is 0 Å². The third-order valence-corrected chi connectivity index (χ3v) is 3.81. The zero-order valence-electron chi connectivity index (χ0n) is 12.5. The van der Waals surface area contributed by atoms with Crippen molar-refractivity contribution < 1.29 is 4.84 Å². The summed E-state index contributed by atoms with van der Waals surface area (Å²) in [5, 5.41) is 5.42. The molecule has 4 nitrogen and oxygen atoms in total. The van der Waals surface area contributed by atoms with Crippen molar-refractivity contribution in [1.82, 2.24) is 4.98 Å². The highest BCUT2D eigenvalue weighted by molar-refractivity contribution is 6.58. The standard InChI is InChI=1S/C19H15N3O/c1-2-11-23-22-19-14-8-4-6-10-17(14)21-18(19)15-12-20-16-9-5-3-7-13(15)16/h2-10,12,20H,1,11H2/b22-19+. The van der Waals surface area contributed by atoms with Crippen molar-refractivity contribution in [2.24, 2.45) is 10.1 Å². The van der Waals surface area contributed by atoms with Gasteiger partial charge in [-0.1, -0.05) is 54.2 Å². The second-order valence-corrected chi connectivity index (χ2v) is 5.25. The zero-order valence-corrected chi connectivity index (χ0v) is 12.5. The molecule has 0 fully saturated rings. The number of H-pyrrole nitrogens is 1. The molecule has 23 heavy (non-hydrogen) atoms. The van der Waals surface area contributed by atoms with Crippen LogP contribution in [0.1, 0.15) is 11.1 Å². The van der Waals surface area contributed by atoms with E-state index < -0.39 is 0 Å². The molecule has 0 saturated heterocycles. The molecular weight excluding hydrogens is 286 g/mol. The van der Waals surface area contributed by atoms with E-state index in [1.807, 2.05) is 48.7 Å². The first-order valence-corrected chi connectivity index (χ1v) is 7.44. The van der Waals surface area contributed by atoms with E-state index in [2.05, 4.69) is 22.8 Å². The maximum absolute atomic E-state index is 5.34. The molecule has 112 valence electrons. The highest BCUT2D eigenvalue weighted by Gasteiger charge is 2.26. The van der Waals surface area contributed by atoms with Gasteiger partial charge in [-0.2, -0.15) is 0 Å². The lowest BCUT2D eigenvalue weighted by Crippen LogP contribution is -2.13. The molecule has 1 aliphatic heterocycles. The summed E-state index contributed by atoms with van der Waals surface area (Å²) in [5.41, 5.74) is 5.58. The van der Waals surface area contributed by atoms with Gasteiger partial charge in [0.1, 0.15) is 18.0 Å².